The van der Waals surface area contributed by atoms with Gasteiger partial charge < -0.3 is 4.74 Å². The van der Waals surface area contributed by atoms with E-state index < -0.39 is 0 Å². The van der Waals surface area contributed by atoms with Gasteiger partial charge in [-0.3, -0.25) is 0 Å². The molecule has 0 heterocycles. The van der Waals surface area contributed by atoms with Crippen LogP contribution in [-0.4, -0.2) is 11.6 Å². The standard InChI is InChI=1S/C15H24O2/c1-3-10-15(17-14(16)4-2)11-9-12-7-5-6-8-13(12)15/h4,12-13H,2-3,5-11H2,1H3. The lowest BCUT2D eigenvalue weighted by atomic mass is 9.74. The zero-order chi connectivity index (χ0) is 12.3. The molecule has 96 valence electrons. The summed E-state index contributed by atoms with van der Waals surface area (Å²) in [7, 11) is 0. The molecule has 2 aliphatic rings. The van der Waals surface area contributed by atoms with Gasteiger partial charge in [-0.15, -0.1) is 0 Å². The lowest BCUT2D eigenvalue weighted by Gasteiger charge is -2.39. The Labute approximate surface area is 104 Å². The van der Waals surface area contributed by atoms with E-state index in [1.807, 2.05) is 0 Å². The number of ether oxygens (including phenoxy) is 1. The van der Waals surface area contributed by atoms with E-state index in [0.717, 1.165) is 25.2 Å². The predicted octanol–water partition coefficient (Wildman–Crippen LogP) is 3.85. The van der Waals surface area contributed by atoms with Gasteiger partial charge in [0.2, 0.25) is 0 Å². The van der Waals surface area contributed by atoms with Crippen molar-refractivity contribution in [3.05, 3.63) is 12.7 Å². The van der Waals surface area contributed by atoms with Crippen LogP contribution in [0.4, 0.5) is 0 Å². The summed E-state index contributed by atoms with van der Waals surface area (Å²) in [6.07, 6.45) is 11.0. The van der Waals surface area contributed by atoms with Crippen molar-refractivity contribution in [1.82, 2.24) is 0 Å². The summed E-state index contributed by atoms with van der Waals surface area (Å²) >= 11 is 0. The molecule has 2 nitrogen and oxygen atoms in total. The number of carbonyl (C=O) groups is 1. The fourth-order valence-electron chi connectivity index (χ4n) is 4.01. The second-order valence-electron chi connectivity index (χ2n) is 5.63. The van der Waals surface area contributed by atoms with Crippen molar-refractivity contribution in [2.75, 3.05) is 0 Å². The second kappa shape index (κ2) is 5.24. The Morgan fingerprint density at radius 1 is 1.41 bits per heavy atom. The van der Waals surface area contributed by atoms with Crippen molar-refractivity contribution in [3.8, 4) is 0 Å². The third-order valence-electron chi connectivity index (χ3n) is 4.67. The fourth-order valence-corrected chi connectivity index (χ4v) is 4.01. The molecule has 0 N–H and O–H groups in total. The van der Waals surface area contributed by atoms with Crippen LogP contribution in [0.5, 0.6) is 0 Å². The number of hydrogen-bond acceptors (Lipinski definition) is 2. The third kappa shape index (κ3) is 2.41. The molecule has 0 saturated heterocycles. The predicted molar refractivity (Wildman–Crippen MR) is 68.6 cm³/mol. The number of hydrogen-bond donors (Lipinski definition) is 0. The Kier molecular flexibility index (Phi) is 3.90. The molecule has 0 aliphatic heterocycles. The van der Waals surface area contributed by atoms with Gasteiger partial charge in [0.15, 0.2) is 0 Å². The maximum Gasteiger partial charge on any atom is 0.330 e. The summed E-state index contributed by atoms with van der Waals surface area (Å²) in [6.45, 7) is 5.70. The average molecular weight is 236 g/mol. The molecule has 2 fully saturated rings. The first-order chi connectivity index (χ1) is 8.22. The third-order valence-corrected chi connectivity index (χ3v) is 4.67. The van der Waals surface area contributed by atoms with Gasteiger partial charge in [0.25, 0.3) is 0 Å². The minimum atomic E-state index is -0.232. The summed E-state index contributed by atoms with van der Waals surface area (Å²) in [5, 5.41) is 0. The Hall–Kier alpha value is -0.790. The first-order valence-corrected chi connectivity index (χ1v) is 7.07. The summed E-state index contributed by atoms with van der Waals surface area (Å²) in [5.41, 5.74) is -0.162. The Morgan fingerprint density at radius 2 is 2.18 bits per heavy atom. The van der Waals surface area contributed by atoms with E-state index in [1.165, 1.54) is 38.2 Å². The van der Waals surface area contributed by atoms with Crippen molar-refractivity contribution in [2.24, 2.45) is 11.8 Å². The van der Waals surface area contributed by atoms with Gasteiger partial charge in [0, 0.05) is 12.0 Å². The van der Waals surface area contributed by atoms with Gasteiger partial charge in [-0.05, 0) is 31.6 Å². The van der Waals surface area contributed by atoms with E-state index in [-0.39, 0.29) is 11.6 Å². The highest BCUT2D eigenvalue weighted by Crippen LogP contribution is 2.52. The minimum Gasteiger partial charge on any atom is -0.456 e. The summed E-state index contributed by atoms with van der Waals surface area (Å²) < 4.78 is 5.80. The zero-order valence-electron chi connectivity index (χ0n) is 10.9. The lowest BCUT2D eigenvalue weighted by Crippen LogP contribution is -2.41. The highest BCUT2D eigenvalue weighted by Gasteiger charge is 2.50. The monoisotopic (exact) mass is 236 g/mol. The second-order valence-corrected chi connectivity index (χ2v) is 5.63. The molecule has 3 unspecified atom stereocenters. The number of carbonyl (C=O) groups excluding carboxylic acids is 1. The Bertz CT molecular complexity index is 297. The van der Waals surface area contributed by atoms with Crippen molar-refractivity contribution in [2.45, 2.75) is 63.9 Å². The molecule has 0 bridgehead atoms. The maximum absolute atomic E-state index is 11.6. The molecule has 2 rings (SSSR count). The van der Waals surface area contributed by atoms with Crippen LogP contribution >= 0.6 is 0 Å². The van der Waals surface area contributed by atoms with E-state index in [0.29, 0.717) is 5.92 Å². The normalized spacial score (nSPS) is 36.3. The van der Waals surface area contributed by atoms with Crippen LogP contribution in [0.3, 0.4) is 0 Å². The van der Waals surface area contributed by atoms with Crippen molar-refractivity contribution < 1.29 is 9.53 Å². The molecular weight excluding hydrogens is 212 g/mol. The van der Waals surface area contributed by atoms with Crippen molar-refractivity contribution in [3.63, 3.8) is 0 Å². The molecule has 2 heteroatoms. The van der Waals surface area contributed by atoms with E-state index in [1.54, 1.807) is 0 Å². The first-order valence-electron chi connectivity index (χ1n) is 7.07. The van der Waals surface area contributed by atoms with Crippen LogP contribution in [-0.2, 0) is 9.53 Å². The molecule has 0 radical (unpaired) electrons. The molecule has 17 heavy (non-hydrogen) atoms. The molecule has 2 aliphatic carbocycles. The fraction of sp³-hybridized carbons (Fsp3) is 0.800. The maximum atomic E-state index is 11.6. The molecular formula is C15H24O2. The Morgan fingerprint density at radius 3 is 2.88 bits per heavy atom. The molecule has 2 saturated carbocycles. The lowest BCUT2D eigenvalue weighted by molar-refractivity contribution is -0.160. The SMILES string of the molecule is C=CC(=O)OC1(CCC)CCC2CCCCC21. The van der Waals surface area contributed by atoms with Crippen LogP contribution < -0.4 is 0 Å². The molecule has 3 atom stereocenters. The molecule has 0 spiro atoms. The summed E-state index contributed by atoms with van der Waals surface area (Å²) in [4.78, 5) is 11.6. The minimum absolute atomic E-state index is 0.162. The highest BCUT2D eigenvalue weighted by molar-refractivity contribution is 5.81. The van der Waals surface area contributed by atoms with Gasteiger partial charge in [-0.25, -0.2) is 4.79 Å². The smallest absolute Gasteiger partial charge is 0.330 e. The highest BCUT2D eigenvalue weighted by atomic mass is 16.6. The van der Waals surface area contributed by atoms with Crippen LogP contribution in [0.25, 0.3) is 0 Å². The quantitative estimate of drug-likeness (QED) is 0.547. The van der Waals surface area contributed by atoms with Crippen LogP contribution in [0.15, 0.2) is 12.7 Å². The van der Waals surface area contributed by atoms with Crippen LogP contribution in [0.2, 0.25) is 0 Å². The largest absolute Gasteiger partial charge is 0.456 e. The summed E-state index contributed by atoms with van der Waals surface area (Å²) in [5.74, 6) is 1.18. The first kappa shape index (κ1) is 12.7. The molecule has 0 aromatic rings. The van der Waals surface area contributed by atoms with Gasteiger partial charge >= 0.3 is 5.97 Å². The summed E-state index contributed by atoms with van der Waals surface area (Å²) in [6, 6.07) is 0. The number of esters is 1. The zero-order valence-corrected chi connectivity index (χ0v) is 10.9. The van der Waals surface area contributed by atoms with Crippen molar-refractivity contribution >= 4 is 5.97 Å². The van der Waals surface area contributed by atoms with Crippen LogP contribution in [0.1, 0.15) is 58.3 Å². The van der Waals surface area contributed by atoms with Crippen molar-refractivity contribution in [1.29, 1.82) is 0 Å². The topological polar surface area (TPSA) is 26.3 Å². The number of rotatable bonds is 4. The molecule has 0 aromatic heterocycles. The van der Waals surface area contributed by atoms with Gasteiger partial charge in [-0.2, -0.15) is 0 Å². The van der Waals surface area contributed by atoms with E-state index in [2.05, 4.69) is 13.5 Å². The van der Waals surface area contributed by atoms with Gasteiger partial charge in [0.1, 0.15) is 5.60 Å². The Balaban J connectivity index is 2.15. The van der Waals surface area contributed by atoms with Gasteiger partial charge in [0.05, 0.1) is 0 Å². The van der Waals surface area contributed by atoms with E-state index >= 15 is 0 Å². The van der Waals surface area contributed by atoms with Gasteiger partial charge in [-0.1, -0.05) is 39.2 Å². The van der Waals surface area contributed by atoms with E-state index in [4.69, 9.17) is 4.74 Å². The van der Waals surface area contributed by atoms with E-state index in [9.17, 15) is 4.79 Å². The average Bonchev–Trinajstić information content (AvgIpc) is 2.69. The molecule has 0 amide bonds. The van der Waals surface area contributed by atoms with Crippen LogP contribution in [0, 0.1) is 11.8 Å². The number of fused-ring (bicyclic) bond motifs is 1. The molecule has 0 aromatic carbocycles.